The number of hydrogen-bond acceptors (Lipinski definition) is 14. The van der Waals surface area contributed by atoms with Crippen LogP contribution >= 0.6 is 0 Å². The van der Waals surface area contributed by atoms with Crippen LogP contribution in [0.15, 0.2) is 91.0 Å². The summed E-state index contributed by atoms with van der Waals surface area (Å²) in [4.78, 5) is 73.5. The zero-order valence-electron chi connectivity index (χ0n) is 35.3. The van der Waals surface area contributed by atoms with Crippen LogP contribution in [0.1, 0.15) is 76.1 Å². The summed E-state index contributed by atoms with van der Waals surface area (Å²) in [6, 6.07) is 23.9. The average molecular weight is 853 g/mol. The number of benzene rings is 3. The van der Waals surface area contributed by atoms with Crippen LogP contribution in [0, 0.1) is 10.8 Å². The van der Waals surface area contributed by atoms with Crippen molar-refractivity contribution in [3.63, 3.8) is 0 Å². The van der Waals surface area contributed by atoms with Gasteiger partial charge in [0.15, 0.2) is 6.04 Å². The lowest BCUT2D eigenvalue weighted by molar-refractivity contribution is -0.213. The predicted molar refractivity (Wildman–Crippen MR) is 219 cm³/mol. The Labute approximate surface area is 359 Å². The summed E-state index contributed by atoms with van der Waals surface area (Å²) in [6.45, 7) is 8.57. The van der Waals surface area contributed by atoms with Crippen molar-refractivity contribution in [1.29, 1.82) is 0 Å². The van der Waals surface area contributed by atoms with E-state index in [-0.39, 0.29) is 32.4 Å². The fourth-order valence-electron chi connectivity index (χ4n) is 9.07. The Morgan fingerprint density at radius 3 is 2.16 bits per heavy atom. The molecule has 4 aliphatic heterocycles. The smallest absolute Gasteiger partial charge is 0.348 e. The van der Waals surface area contributed by atoms with Gasteiger partial charge in [-0.3, -0.25) is 19.2 Å². The SMILES string of the molecule is CC(C)(C)OC(=O)CC[C@@H](CO)NC(=O)[C@@]12C[C@H]3OC(=O)[C@@H]1N(Cc1ccc(C=CC(=O)O[C@H]4C(=O)OCC4(C)C)cc1)O[C@@H]2[C@H]1OC(c2ccccc2)(c2ccccc2)O[C@H]13. The summed E-state index contributed by atoms with van der Waals surface area (Å²) in [5.41, 5.74) is -0.172. The minimum atomic E-state index is -1.57. The van der Waals surface area contributed by atoms with E-state index in [0.717, 1.165) is 0 Å². The van der Waals surface area contributed by atoms with Crippen LogP contribution < -0.4 is 5.32 Å². The maximum absolute atomic E-state index is 15.0. The maximum Gasteiger partial charge on any atom is 0.348 e. The second kappa shape index (κ2) is 16.7. The highest BCUT2D eigenvalue weighted by Gasteiger charge is 2.76. The molecule has 5 fully saturated rings. The second-order valence-electron chi connectivity index (χ2n) is 18.2. The van der Waals surface area contributed by atoms with Crippen LogP contribution in [0.3, 0.4) is 0 Å². The van der Waals surface area contributed by atoms with E-state index in [2.05, 4.69) is 5.32 Å². The number of cyclic esters (lactones) is 1. The van der Waals surface area contributed by atoms with Gasteiger partial charge in [0.25, 0.3) is 0 Å². The Morgan fingerprint density at radius 1 is 0.919 bits per heavy atom. The largest absolute Gasteiger partial charge is 0.462 e. The zero-order valence-corrected chi connectivity index (χ0v) is 35.3. The summed E-state index contributed by atoms with van der Waals surface area (Å²) in [5, 5.41) is 14.9. The summed E-state index contributed by atoms with van der Waals surface area (Å²) in [7, 11) is 0. The van der Waals surface area contributed by atoms with E-state index >= 15 is 0 Å². The van der Waals surface area contributed by atoms with E-state index in [1.807, 2.05) is 60.7 Å². The van der Waals surface area contributed by atoms with E-state index in [0.29, 0.717) is 22.3 Å². The summed E-state index contributed by atoms with van der Waals surface area (Å²) < 4.78 is 36.1. The molecular weight excluding hydrogens is 801 g/mol. The number of esters is 4. The van der Waals surface area contributed by atoms with Crippen molar-refractivity contribution in [3.05, 3.63) is 113 Å². The van der Waals surface area contributed by atoms with Crippen LogP contribution in [-0.4, -0.2) is 101 Å². The average Bonchev–Trinajstić information content (AvgIpc) is 3.90. The molecule has 1 saturated carbocycles. The van der Waals surface area contributed by atoms with Crippen LogP contribution in [0.5, 0.6) is 0 Å². The van der Waals surface area contributed by atoms with Crippen LogP contribution in [-0.2, 0) is 69.6 Å². The number of aliphatic hydroxyl groups is 1. The van der Waals surface area contributed by atoms with Crippen molar-refractivity contribution < 1.29 is 62.3 Å². The fraction of sp³-hybridized carbons (Fsp3) is 0.468. The Bertz CT molecular complexity index is 2170. The number of rotatable bonds is 13. The van der Waals surface area contributed by atoms with Gasteiger partial charge >= 0.3 is 23.9 Å². The molecule has 15 nitrogen and oxygen atoms in total. The highest BCUT2D eigenvalue weighted by Crippen LogP contribution is 2.59. The maximum atomic E-state index is 15.0. The molecule has 0 unspecified atom stereocenters. The van der Waals surface area contributed by atoms with Crippen molar-refractivity contribution in [2.45, 2.75) is 114 Å². The van der Waals surface area contributed by atoms with Gasteiger partial charge in [-0.15, -0.1) is 0 Å². The Kier molecular flexibility index (Phi) is 11.6. The van der Waals surface area contributed by atoms with E-state index in [1.165, 1.54) is 11.1 Å². The van der Waals surface area contributed by atoms with Gasteiger partial charge in [0.05, 0.1) is 19.2 Å². The van der Waals surface area contributed by atoms with Crippen molar-refractivity contribution in [2.24, 2.45) is 10.8 Å². The Hall–Kier alpha value is -5.45. The molecule has 0 spiro atoms. The lowest BCUT2D eigenvalue weighted by Gasteiger charge is -2.49. The van der Waals surface area contributed by atoms with Crippen molar-refractivity contribution in [2.75, 3.05) is 13.2 Å². The molecule has 8 rings (SSSR count). The van der Waals surface area contributed by atoms with Crippen LogP contribution in [0.4, 0.5) is 0 Å². The molecular formula is C47H52N2O13. The normalized spacial score (nSPS) is 28.7. The minimum Gasteiger partial charge on any atom is -0.462 e. The van der Waals surface area contributed by atoms with Crippen LogP contribution in [0.25, 0.3) is 6.08 Å². The van der Waals surface area contributed by atoms with Gasteiger partial charge in [0.1, 0.15) is 42.0 Å². The molecule has 15 heteroatoms. The number of carbonyl (C=O) groups excluding carboxylic acids is 5. The number of ether oxygens (including phenoxy) is 6. The lowest BCUT2D eigenvalue weighted by Crippen LogP contribution is -2.70. The van der Waals surface area contributed by atoms with E-state index < -0.39 is 101 Å². The molecule has 3 aromatic carbocycles. The summed E-state index contributed by atoms with van der Waals surface area (Å²) in [6.07, 6.45) is -1.88. The molecule has 3 aromatic rings. The quantitative estimate of drug-likeness (QED) is 0.141. The molecule has 2 N–H and O–H groups in total. The highest BCUT2D eigenvalue weighted by atomic mass is 16.8. The van der Waals surface area contributed by atoms with E-state index in [1.54, 1.807) is 65.0 Å². The fourth-order valence-corrected chi connectivity index (χ4v) is 9.07. The Balaban J connectivity index is 1.08. The summed E-state index contributed by atoms with van der Waals surface area (Å²) >= 11 is 0. The molecule has 5 aliphatic rings. The molecule has 1 aliphatic carbocycles. The first kappa shape index (κ1) is 43.2. The number of amides is 1. The molecule has 0 radical (unpaired) electrons. The van der Waals surface area contributed by atoms with Gasteiger partial charge in [0, 0.05) is 35.5 Å². The van der Waals surface area contributed by atoms with Gasteiger partial charge in [-0.25, -0.2) is 9.59 Å². The molecule has 62 heavy (non-hydrogen) atoms. The third kappa shape index (κ3) is 8.15. The van der Waals surface area contributed by atoms with Gasteiger partial charge < -0.3 is 38.8 Å². The molecule has 0 aromatic heterocycles. The monoisotopic (exact) mass is 852 g/mol. The number of hydroxylamine groups is 2. The van der Waals surface area contributed by atoms with Crippen LogP contribution in [0.2, 0.25) is 0 Å². The molecule has 8 atom stereocenters. The number of nitrogens with zero attached hydrogens (tertiary/aromatic N) is 1. The van der Waals surface area contributed by atoms with Gasteiger partial charge in [-0.05, 0) is 44.4 Å². The standard InChI is InChI=1S/C47H52N2O13/c1-44(2,3)59-35(52)23-21-32(26-50)48-43(55)46-24-33-36-37(61-47(60-36,30-12-8-6-9-13-30)31-14-10-7-11-15-31)39(46)62-49(38(46)41(53)57-33)25-29-18-16-28(17-19-29)20-22-34(51)58-40-42(54)56-27-45(40,4)5/h6-20,22,32-33,36-40,50H,21,23-27H2,1-5H3,(H,48,55)/t32-,33+,36-,37-,38-,39+,40-,46-/m0/s1. The molecule has 328 valence electrons. The first-order chi connectivity index (χ1) is 29.5. The molecule has 4 heterocycles. The van der Waals surface area contributed by atoms with Crippen molar-refractivity contribution in [3.8, 4) is 0 Å². The highest BCUT2D eigenvalue weighted by molar-refractivity contribution is 5.94. The van der Waals surface area contributed by atoms with E-state index in [9.17, 15) is 29.1 Å². The van der Waals surface area contributed by atoms with Gasteiger partial charge in [-0.2, -0.15) is 5.06 Å². The zero-order chi connectivity index (χ0) is 44.0. The Morgan fingerprint density at radius 2 is 1.56 bits per heavy atom. The number of fused-ring (bicyclic) bond motifs is 4. The van der Waals surface area contributed by atoms with Gasteiger partial charge in [-0.1, -0.05) is 98.8 Å². The molecule has 1 amide bonds. The third-order valence-electron chi connectivity index (χ3n) is 12.0. The predicted octanol–water partition coefficient (Wildman–Crippen LogP) is 4.28. The van der Waals surface area contributed by atoms with E-state index in [4.69, 9.17) is 33.3 Å². The number of aliphatic hydroxyl groups excluding tert-OH is 1. The summed E-state index contributed by atoms with van der Waals surface area (Å²) in [5.74, 6) is -4.43. The van der Waals surface area contributed by atoms with Gasteiger partial charge in [0.2, 0.25) is 17.8 Å². The van der Waals surface area contributed by atoms with Crippen molar-refractivity contribution in [1.82, 2.24) is 10.4 Å². The molecule has 2 bridgehead atoms. The second-order valence-corrected chi connectivity index (χ2v) is 18.2. The number of nitrogens with one attached hydrogen (secondary N) is 1. The van der Waals surface area contributed by atoms with Crippen molar-refractivity contribution >= 4 is 35.9 Å². The first-order valence-corrected chi connectivity index (χ1v) is 20.9. The lowest BCUT2D eigenvalue weighted by atomic mass is 9.62. The molecule has 4 saturated heterocycles. The topological polar surface area (TPSA) is 185 Å². The number of carbonyl (C=O) groups is 5. The third-order valence-corrected chi connectivity index (χ3v) is 12.0. The first-order valence-electron chi connectivity index (χ1n) is 20.9. The minimum absolute atomic E-state index is 0.0282. The number of hydrogen-bond donors (Lipinski definition) is 2.